The first-order chi connectivity index (χ1) is 19.4. The molecule has 3 rings (SSSR count). The highest BCUT2D eigenvalue weighted by atomic mass is 15.0. The largest absolute Gasteiger partial charge is 0.257 e. The summed E-state index contributed by atoms with van der Waals surface area (Å²) in [5, 5.41) is 0. The Morgan fingerprint density at radius 1 is 0.318 bits per heavy atom. The Balaban J connectivity index is 0. The van der Waals surface area contributed by atoms with Gasteiger partial charge in [0.1, 0.15) is 23.3 Å². The van der Waals surface area contributed by atoms with Crippen molar-refractivity contribution in [1.82, 2.24) is 29.9 Å². The average molecular weight is 609 g/mol. The number of nitrogens with zero attached hydrogens (tertiary/aromatic N) is 6. The maximum absolute atomic E-state index is 4.60. The van der Waals surface area contributed by atoms with Crippen LogP contribution < -0.4 is 0 Å². The van der Waals surface area contributed by atoms with Gasteiger partial charge in [-0.05, 0) is 41.9 Å². The van der Waals surface area contributed by atoms with Gasteiger partial charge in [-0.1, -0.05) is 132 Å². The maximum Gasteiger partial charge on any atom is 0.135 e. The Kier molecular flexibility index (Phi) is 20.0. The number of hydrogen-bond acceptors (Lipinski definition) is 6. The Bertz CT molecular complexity index is 989. The molecule has 3 aromatic heterocycles. The predicted molar refractivity (Wildman–Crippen MR) is 192 cm³/mol. The van der Waals surface area contributed by atoms with Gasteiger partial charge in [0.15, 0.2) is 0 Å². The van der Waals surface area contributed by atoms with Crippen molar-refractivity contribution in [2.75, 3.05) is 0 Å². The topological polar surface area (TPSA) is 77.3 Å². The zero-order chi connectivity index (χ0) is 32.3. The molecule has 3 heterocycles. The fourth-order valence-corrected chi connectivity index (χ4v) is 3.67. The quantitative estimate of drug-likeness (QED) is 0.253. The lowest BCUT2D eigenvalue weighted by Gasteiger charge is -2.13. The van der Waals surface area contributed by atoms with Gasteiger partial charge in [0.25, 0.3) is 0 Å². The van der Waals surface area contributed by atoms with Crippen molar-refractivity contribution in [3.05, 3.63) is 70.3 Å². The molecule has 0 saturated carbocycles. The van der Waals surface area contributed by atoms with E-state index in [0.29, 0.717) is 47.3 Å². The molecule has 0 aliphatic heterocycles. The van der Waals surface area contributed by atoms with Gasteiger partial charge in [0.2, 0.25) is 0 Å². The monoisotopic (exact) mass is 609 g/mol. The average Bonchev–Trinajstić information content (AvgIpc) is 2.93. The van der Waals surface area contributed by atoms with Gasteiger partial charge in [0, 0.05) is 46.4 Å². The molecule has 0 aliphatic rings. The second kappa shape index (κ2) is 20.3. The first-order valence-corrected chi connectivity index (χ1v) is 16.1. The lowest BCUT2D eigenvalue weighted by Crippen LogP contribution is -2.11. The van der Waals surface area contributed by atoms with E-state index in [9.17, 15) is 0 Å². The van der Waals surface area contributed by atoms with E-state index in [0.717, 1.165) is 34.7 Å². The van der Waals surface area contributed by atoms with Gasteiger partial charge in [-0.15, -0.1) is 0 Å². The van der Waals surface area contributed by atoms with Gasteiger partial charge in [-0.25, -0.2) is 24.9 Å². The Morgan fingerprint density at radius 2 is 0.568 bits per heavy atom. The van der Waals surface area contributed by atoms with Crippen LogP contribution in [-0.2, 0) is 0 Å². The van der Waals surface area contributed by atoms with Gasteiger partial charge >= 0.3 is 0 Å². The highest BCUT2D eigenvalue weighted by Gasteiger charge is 2.14. The summed E-state index contributed by atoms with van der Waals surface area (Å²) in [5.74, 6) is 7.23. The van der Waals surface area contributed by atoms with E-state index in [4.69, 9.17) is 0 Å². The molecular weight excluding hydrogens is 540 g/mol. The van der Waals surface area contributed by atoms with E-state index < -0.39 is 0 Å². The molecule has 6 heteroatoms. The first kappa shape index (κ1) is 43.4. The van der Waals surface area contributed by atoms with Crippen LogP contribution in [0, 0.1) is 0 Å². The summed E-state index contributed by atoms with van der Waals surface area (Å²) in [4.78, 5) is 27.3. The van der Waals surface area contributed by atoms with Crippen LogP contribution in [0.3, 0.4) is 0 Å². The van der Waals surface area contributed by atoms with Crippen LogP contribution in [0.2, 0.25) is 0 Å². The second-order valence-electron chi connectivity index (χ2n) is 13.7. The Hall–Kier alpha value is -2.76. The van der Waals surface area contributed by atoms with E-state index in [1.807, 2.05) is 0 Å². The van der Waals surface area contributed by atoms with Crippen molar-refractivity contribution >= 4 is 0 Å². The second-order valence-corrected chi connectivity index (χ2v) is 13.7. The van der Waals surface area contributed by atoms with Crippen LogP contribution >= 0.6 is 0 Å². The molecular formula is C38H68N6. The van der Waals surface area contributed by atoms with E-state index in [2.05, 4.69) is 165 Å². The van der Waals surface area contributed by atoms with E-state index in [-0.39, 0.29) is 14.9 Å². The molecule has 0 aromatic carbocycles. The lowest BCUT2D eigenvalue weighted by atomic mass is 10.0. The number of rotatable bonds is 8. The minimum atomic E-state index is 0. The number of aromatic nitrogens is 6. The standard InChI is InChI=1S/C13H22N2.C12H21N3.C11H17N.2CH4/c1-8(2)11-7-12(9(3)4)15-13(14-11)10(5)6;1-7(2)10-13-11(8(3)4)15-12(14-10)9(5)6;1-8(2)10-6-5-7-11(12-10)9(3)4;;/h7-10H,1-6H3;7-9H,1-6H3;5-9H,1-4H3;2*1H4. The molecule has 0 unspecified atom stereocenters. The van der Waals surface area contributed by atoms with Crippen LogP contribution in [-0.4, -0.2) is 29.9 Å². The molecule has 0 bridgehead atoms. The zero-order valence-electron chi connectivity index (χ0n) is 29.6. The van der Waals surface area contributed by atoms with Crippen LogP contribution in [0.4, 0.5) is 0 Å². The smallest absolute Gasteiger partial charge is 0.135 e. The maximum atomic E-state index is 4.60. The number of pyridine rings is 1. The SMILES string of the molecule is C.C.CC(C)c1cc(C(C)C)nc(C(C)C)n1.CC(C)c1cccc(C(C)C)n1.CC(C)c1nc(C(C)C)nc(C(C)C)n1. The summed E-state index contributed by atoms with van der Waals surface area (Å²) in [6, 6.07) is 8.42. The molecule has 0 atom stereocenters. The van der Waals surface area contributed by atoms with Crippen LogP contribution in [0.25, 0.3) is 0 Å². The molecule has 0 aliphatic carbocycles. The van der Waals surface area contributed by atoms with Gasteiger partial charge in [0.05, 0.1) is 0 Å². The first-order valence-electron chi connectivity index (χ1n) is 16.1. The Labute approximate surface area is 272 Å². The van der Waals surface area contributed by atoms with Crippen molar-refractivity contribution in [3.63, 3.8) is 0 Å². The third kappa shape index (κ3) is 14.3. The van der Waals surface area contributed by atoms with Gasteiger partial charge < -0.3 is 0 Å². The molecule has 44 heavy (non-hydrogen) atoms. The summed E-state index contributed by atoms with van der Waals surface area (Å²) in [6.07, 6.45) is 0. The van der Waals surface area contributed by atoms with Gasteiger partial charge in [-0.3, -0.25) is 4.98 Å². The van der Waals surface area contributed by atoms with Gasteiger partial charge in [-0.2, -0.15) is 0 Å². The van der Waals surface area contributed by atoms with Crippen molar-refractivity contribution in [2.24, 2.45) is 0 Å². The molecule has 0 spiro atoms. The normalized spacial score (nSPS) is 11.1. The molecule has 6 nitrogen and oxygen atoms in total. The van der Waals surface area contributed by atoms with Crippen LogP contribution in [0.1, 0.15) is 219 Å². The third-order valence-electron chi connectivity index (χ3n) is 6.69. The van der Waals surface area contributed by atoms with Crippen molar-refractivity contribution in [1.29, 1.82) is 0 Å². The predicted octanol–water partition coefficient (Wildman–Crippen LogP) is 11.7. The van der Waals surface area contributed by atoms with Crippen molar-refractivity contribution in [2.45, 2.75) is 173 Å². The molecule has 0 amide bonds. The summed E-state index contributed by atoms with van der Waals surface area (Å²) in [5.41, 5.74) is 4.72. The fourth-order valence-electron chi connectivity index (χ4n) is 3.67. The third-order valence-corrected chi connectivity index (χ3v) is 6.69. The van der Waals surface area contributed by atoms with E-state index >= 15 is 0 Å². The highest BCUT2D eigenvalue weighted by Crippen LogP contribution is 2.21. The lowest BCUT2D eigenvalue weighted by molar-refractivity contribution is 0.644. The van der Waals surface area contributed by atoms with Crippen LogP contribution in [0.5, 0.6) is 0 Å². The summed E-state index contributed by atoms with van der Waals surface area (Å²) < 4.78 is 0. The van der Waals surface area contributed by atoms with Crippen molar-refractivity contribution in [3.8, 4) is 0 Å². The zero-order valence-corrected chi connectivity index (χ0v) is 29.6. The van der Waals surface area contributed by atoms with Crippen molar-refractivity contribution < 1.29 is 0 Å². The summed E-state index contributed by atoms with van der Waals surface area (Å²) >= 11 is 0. The minimum Gasteiger partial charge on any atom is -0.257 e. The molecule has 0 N–H and O–H groups in total. The molecule has 250 valence electrons. The van der Waals surface area contributed by atoms with Crippen LogP contribution in [0.15, 0.2) is 24.3 Å². The molecule has 3 aromatic rings. The fraction of sp³-hybridized carbons (Fsp3) is 0.684. The minimum absolute atomic E-state index is 0. The summed E-state index contributed by atoms with van der Waals surface area (Å²) in [7, 11) is 0. The number of hydrogen-bond donors (Lipinski definition) is 0. The molecule has 0 saturated heterocycles. The van der Waals surface area contributed by atoms with E-state index in [1.165, 1.54) is 11.4 Å². The highest BCUT2D eigenvalue weighted by molar-refractivity contribution is 5.18. The Morgan fingerprint density at radius 3 is 0.795 bits per heavy atom. The molecule has 0 radical (unpaired) electrons. The summed E-state index contributed by atoms with van der Waals surface area (Å²) in [6.45, 7) is 34.4. The molecule has 0 fully saturated rings. The van der Waals surface area contributed by atoms with E-state index in [1.54, 1.807) is 0 Å².